The van der Waals surface area contributed by atoms with Gasteiger partial charge in [0.05, 0.1) is 19.8 Å². The molecule has 11 nitrogen and oxygen atoms in total. The van der Waals surface area contributed by atoms with Gasteiger partial charge in [0.1, 0.15) is 47.6 Å². The molecule has 2 aliphatic rings. The summed E-state index contributed by atoms with van der Waals surface area (Å²) in [5, 5.41) is 69.2. The lowest BCUT2D eigenvalue weighted by molar-refractivity contribution is -0.289. The van der Waals surface area contributed by atoms with Gasteiger partial charge in [-0.2, -0.15) is 0 Å². The van der Waals surface area contributed by atoms with Gasteiger partial charge in [0.2, 0.25) is 6.29 Å². The number of hydrogen-bond acceptors (Lipinski definition) is 11. The summed E-state index contributed by atoms with van der Waals surface area (Å²) in [6, 6.07) is 4.38. The first-order chi connectivity index (χ1) is 13.6. The Balaban J connectivity index is 1.64. The van der Waals surface area contributed by atoms with Crippen LogP contribution in [0.25, 0.3) is 0 Å². The number of phenolic OH excluding ortho intramolecular Hbond substituents is 1. The van der Waals surface area contributed by atoms with Crippen molar-refractivity contribution >= 4 is 0 Å². The van der Waals surface area contributed by atoms with E-state index >= 15 is 0 Å². The van der Waals surface area contributed by atoms with Crippen LogP contribution in [0.15, 0.2) is 18.2 Å². The first-order valence-corrected chi connectivity index (χ1v) is 9.06. The highest BCUT2D eigenvalue weighted by molar-refractivity contribution is 5.37. The normalized spacial score (nSPS) is 40.2. The number of aliphatic hydroxyl groups is 6. The largest absolute Gasteiger partial charge is 0.508 e. The Morgan fingerprint density at radius 2 is 1.79 bits per heavy atom. The topological polar surface area (TPSA) is 179 Å². The first kappa shape index (κ1) is 22.2. The molecule has 3 rings (SSSR count). The van der Waals surface area contributed by atoms with E-state index in [1.165, 1.54) is 12.1 Å². The Bertz CT molecular complexity index is 680. The van der Waals surface area contributed by atoms with Crippen molar-refractivity contribution < 1.29 is 54.7 Å². The zero-order valence-corrected chi connectivity index (χ0v) is 15.7. The summed E-state index contributed by atoms with van der Waals surface area (Å²) in [6.07, 6.45) is -10.1. The highest BCUT2D eigenvalue weighted by atomic mass is 16.7. The quantitative estimate of drug-likeness (QED) is 0.256. The Morgan fingerprint density at radius 1 is 1.07 bits per heavy atom. The van der Waals surface area contributed by atoms with E-state index in [1.807, 2.05) is 0 Å². The van der Waals surface area contributed by atoms with Crippen molar-refractivity contribution in [2.24, 2.45) is 0 Å². The molecule has 8 unspecified atom stereocenters. The molecule has 2 fully saturated rings. The fourth-order valence-corrected chi connectivity index (χ4v) is 3.21. The maximum Gasteiger partial charge on any atom is 0.229 e. The molecule has 1 aromatic rings. The number of benzene rings is 1. The van der Waals surface area contributed by atoms with Crippen LogP contribution in [0.1, 0.15) is 5.56 Å². The molecule has 2 heterocycles. The molecule has 164 valence electrons. The fourth-order valence-electron chi connectivity index (χ4n) is 3.21. The lowest BCUT2D eigenvalue weighted by atomic mass is 9.99. The van der Waals surface area contributed by atoms with Gasteiger partial charge in [-0.25, -0.2) is 0 Å². The van der Waals surface area contributed by atoms with Crippen LogP contribution in [0.2, 0.25) is 0 Å². The molecule has 0 amide bonds. The molecule has 0 aromatic heterocycles. The van der Waals surface area contributed by atoms with E-state index in [-0.39, 0.29) is 24.7 Å². The maximum absolute atomic E-state index is 10.2. The van der Waals surface area contributed by atoms with E-state index in [9.17, 15) is 30.6 Å². The van der Waals surface area contributed by atoms with Crippen LogP contribution in [-0.2, 0) is 14.2 Å². The van der Waals surface area contributed by atoms with Gasteiger partial charge in [-0.1, -0.05) is 0 Å². The van der Waals surface area contributed by atoms with Crippen molar-refractivity contribution in [3.8, 4) is 11.5 Å². The monoisotopic (exact) mass is 418 g/mol. The number of aromatic hydroxyl groups is 1. The van der Waals surface area contributed by atoms with Gasteiger partial charge in [0.25, 0.3) is 0 Å². The van der Waals surface area contributed by atoms with E-state index in [4.69, 9.17) is 24.1 Å². The Morgan fingerprint density at radius 3 is 2.41 bits per heavy atom. The second kappa shape index (κ2) is 8.68. The van der Waals surface area contributed by atoms with Gasteiger partial charge >= 0.3 is 0 Å². The molecule has 8 atom stereocenters. The van der Waals surface area contributed by atoms with Crippen LogP contribution in [-0.4, -0.2) is 104 Å². The highest BCUT2D eigenvalue weighted by Crippen LogP contribution is 2.29. The van der Waals surface area contributed by atoms with Gasteiger partial charge in [0, 0.05) is 6.07 Å². The molecular weight excluding hydrogens is 392 g/mol. The standard InChI is InChI=1S/C18H26O11/c1-8-2-9(20)4-10(3-8)28-16-14(23)13(22)12(21)11(29-16)5-26-17-15(24)18(25,6-19)7-27-17/h2-4,11-17,19-25H,5-7H2,1H3. The summed E-state index contributed by atoms with van der Waals surface area (Å²) in [7, 11) is 0. The molecule has 0 saturated carbocycles. The van der Waals surface area contributed by atoms with Gasteiger partial charge in [-0.05, 0) is 24.6 Å². The highest BCUT2D eigenvalue weighted by Gasteiger charge is 2.50. The number of ether oxygens (including phenoxy) is 4. The minimum absolute atomic E-state index is 0.0606. The van der Waals surface area contributed by atoms with Crippen LogP contribution in [0.5, 0.6) is 11.5 Å². The molecule has 0 bridgehead atoms. The number of rotatable bonds is 6. The van der Waals surface area contributed by atoms with Gasteiger partial charge in [0.15, 0.2) is 6.29 Å². The SMILES string of the molecule is Cc1cc(O)cc(OC2OC(COC3OCC(O)(CO)C3O)C(O)C(O)C2O)c1. The van der Waals surface area contributed by atoms with E-state index in [1.54, 1.807) is 13.0 Å². The van der Waals surface area contributed by atoms with Gasteiger partial charge < -0.3 is 54.7 Å². The summed E-state index contributed by atoms with van der Waals surface area (Å²) < 4.78 is 21.4. The summed E-state index contributed by atoms with van der Waals surface area (Å²) in [4.78, 5) is 0. The van der Waals surface area contributed by atoms with Crippen LogP contribution in [0.4, 0.5) is 0 Å². The van der Waals surface area contributed by atoms with E-state index in [0.29, 0.717) is 5.56 Å². The third-order valence-corrected chi connectivity index (χ3v) is 4.96. The van der Waals surface area contributed by atoms with Crippen molar-refractivity contribution in [1.29, 1.82) is 0 Å². The molecule has 2 aliphatic heterocycles. The molecule has 0 radical (unpaired) electrons. The number of phenols is 1. The summed E-state index contributed by atoms with van der Waals surface area (Å²) >= 11 is 0. The smallest absolute Gasteiger partial charge is 0.229 e. The Hall–Kier alpha value is -1.54. The van der Waals surface area contributed by atoms with Crippen LogP contribution in [0.3, 0.4) is 0 Å². The number of aliphatic hydroxyl groups excluding tert-OH is 5. The zero-order chi connectivity index (χ0) is 21.3. The minimum atomic E-state index is -1.87. The Labute approximate surface area is 166 Å². The van der Waals surface area contributed by atoms with Gasteiger partial charge in [-0.15, -0.1) is 0 Å². The Kier molecular flexibility index (Phi) is 6.63. The molecule has 1 aromatic carbocycles. The summed E-state index contributed by atoms with van der Waals surface area (Å²) in [6.45, 7) is 0.252. The van der Waals surface area contributed by atoms with Gasteiger partial charge in [-0.3, -0.25) is 0 Å². The van der Waals surface area contributed by atoms with E-state index in [2.05, 4.69) is 0 Å². The molecule has 11 heteroatoms. The third kappa shape index (κ3) is 4.63. The molecular formula is C18H26O11. The summed E-state index contributed by atoms with van der Waals surface area (Å²) in [5.74, 6) is 0.117. The van der Waals surface area contributed by atoms with Crippen LogP contribution < -0.4 is 4.74 Å². The first-order valence-electron chi connectivity index (χ1n) is 9.06. The molecule has 7 N–H and O–H groups in total. The molecule has 29 heavy (non-hydrogen) atoms. The second-order valence-electron chi connectivity index (χ2n) is 7.36. The van der Waals surface area contributed by atoms with Crippen molar-refractivity contribution in [1.82, 2.24) is 0 Å². The third-order valence-electron chi connectivity index (χ3n) is 4.96. The van der Waals surface area contributed by atoms with Crippen molar-refractivity contribution in [3.63, 3.8) is 0 Å². The lowest BCUT2D eigenvalue weighted by Crippen LogP contribution is -2.60. The molecule has 2 saturated heterocycles. The van der Waals surface area contributed by atoms with Crippen LogP contribution in [0, 0.1) is 6.92 Å². The average molecular weight is 418 g/mol. The van der Waals surface area contributed by atoms with Crippen molar-refractivity contribution in [2.75, 3.05) is 19.8 Å². The zero-order valence-electron chi connectivity index (χ0n) is 15.7. The number of aryl methyl sites for hydroxylation is 1. The minimum Gasteiger partial charge on any atom is -0.508 e. The molecule has 0 spiro atoms. The van der Waals surface area contributed by atoms with Crippen LogP contribution >= 0.6 is 0 Å². The maximum atomic E-state index is 10.2. The average Bonchev–Trinajstić information content (AvgIpc) is 2.95. The number of hydrogen-bond donors (Lipinski definition) is 7. The van der Waals surface area contributed by atoms with Crippen molar-refractivity contribution in [2.45, 2.75) is 55.6 Å². The predicted octanol–water partition coefficient (Wildman–Crippen LogP) is -2.66. The fraction of sp³-hybridized carbons (Fsp3) is 0.667. The van der Waals surface area contributed by atoms with Crippen molar-refractivity contribution in [3.05, 3.63) is 23.8 Å². The summed E-state index contributed by atoms with van der Waals surface area (Å²) in [5.41, 5.74) is -1.18. The lowest BCUT2D eigenvalue weighted by Gasteiger charge is -2.40. The van der Waals surface area contributed by atoms with E-state index < -0.39 is 55.3 Å². The van der Waals surface area contributed by atoms with E-state index in [0.717, 1.165) is 0 Å². The second-order valence-corrected chi connectivity index (χ2v) is 7.36. The predicted molar refractivity (Wildman–Crippen MR) is 93.9 cm³/mol. The molecule has 0 aliphatic carbocycles.